The minimum Gasteiger partial charge on any atom is -0.481 e. The van der Waals surface area contributed by atoms with Gasteiger partial charge in [0.1, 0.15) is 5.82 Å². The van der Waals surface area contributed by atoms with Crippen LogP contribution < -0.4 is 5.73 Å². The zero-order valence-corrected chi connectivity index (χ0v) is 29.4. The number of aromatic carboxylic acids is 1. The Morgan fingerprint density at radius 3 is 1.80 bits per heavy atom. The van der Waals surface area contributed by atoms with Crippen LogP contribution in [0.4, 0.5) is 26.3 Å². The van der Waals surface area contributed by atoms with E-state index in [1.54, 1.807) is 0 Å². The first-order valence-corrected chi connectivity index (χ1v) is 17.9. The van der Waals surface area contributed by atoms with E-state index in [-0.39, 0.29) is 37.2 Å². The van der Waals surface area contributed by atoms with Crippen LogP contribution in [-0.2, 0) is 35.3 Å². The lowest BCUT2D eigenvalue weighted by molar-refractivity contribution is -0.148. The molecule has 9 nitrogen and oxygen atoms in total. The molecule has 0 fully saturated rings. The predicted octanol–water partition coefficient (Wildman–Crippen LogP) is 8.65. The molecule has 15 heteroatoms. The Balaban J connectivity index is 0.000000392. The second-order valence-corrected chi connectivity index (χ2v) is 13.1. The van der Waals surface area contributed by atoms with Gasteiger partial charge in [-0.05, 0) is 24.5 Å². The Labute approximate surface area is 295 Å². The van der Waals surface area contributed by atoms with Crippen LogP contribution in [0.5, 0.6) is 0 Å². The number of hydrogen-bond donors (Lipinski definition) is 3. The highest BCUT2D eigenvalue weighted by molar-refractivity contribution is 5.87. The summed E-state index contributed by atoms with van der Waals surface area (Å²) in [4.78, 5) is 38.4. The van der Waals surface area contributed by atoms with Gasteiger partial charge in [-0.3, -0.25) is 9.59 Å². The number of alkyl halides is 3. The van der Waals surface area contributed by atoms with Gasteiger partial charge >= 0.3 is 18.1 Å². The van der Waals surface area contributed by atoms with Crippen LogP contribution in [0, 0.1) is 17.5 Å². The van der Waals surface area contributed by atoms with E-state index in [0.717, 1.165) is 17.7 Å². The molecule has 2 heterocycles. The summed E-state index contributed by atoms with van der Waals surface area (Å²) in [5.41, 5.74) is 4.49. The summed E-state index contributed by atoms with van der Waals surface area (Å²) < 4.78 is 80.1. The molecule has 0 spiro atoms. The van der Waals surface area contributed by atoms with Crippen molar-refractivity contribution < 1.29 is 50.9 Å². The topological polar surface area (TPSA) is 139 Å². The van der Waals surface area contributed by atoms with Gasteiger partial charge in [-0.1, -0.05) is 96.8 Å². The van der Waals surface area contributed by atoms with E-state index < -0.39 is 65.6 Å². The van der Waals surface area contributed by atoms with Gasteiger partial charge in [-0.15, -0.1) is 0 Å². The van der Waals surface area contributed by atoms with Gasteiger partial charge < -0.3 is 25.4 Å². The van der Waals surface area contributed by atoms with Gasteiger partial charge in [0.25, 0.3) is 0 Å². The van der Waals surface area contributed by atoms with Gasteiger partial charge in [0, 0.05) is 38.0 Å². The molecule has 288 valence electrons. The molecule has 1 atom stereocenters. The fraction of sp³-hybridized carbons (Fsp3) is 0.667. The molecule has 3 rings (SSSR count). The van der Waals surface area contributed by atoms with Crippen LogP contribution in [0.25, 0.3) is 0 Å². The highest BCUT2D eigenvalue weighted by atomic mass is 19.4. The first-order chi connectivity index (χ1) is 24.1. The molecule has 1 aromatic carbocycles. The quantitative estimate of drug-likeness (QED) is 0.0663. The fourth-order valence-corrected chi connectivity index (χ4v) is 6.04. The van der Waals surface area contributed by atoms with Crippen molar-refractivity contribution in [2.75, 3.05) is 6.54 Å². The summed E-state index contributed by atoms with van der Waals surface area (Å²) >= 11 is 0. The van der Waals surface area contributed by atoms with Crippen molar-refractivity contribution >= 4 is 17.8 Å². The van der Waals surface area contributed by atoms with Gasteiger partial charge in [0.15, 0.2) is 17.3 Å². The lowest BCUT2D eigenvalue weighted by atomic mass is 10.0. The number of fused-ring (bicyclic) bond motifs is 1. The summed E-state index contributed by atoms with van der Waals surface area (Å²) in [7, 11) is 0. The van der Waals surface area contributed by atoms with E-state index in [1.165, 1.54) is 83.5 Å². The van der Waals surface area contributed by atoms with Crippen molar-refractivity contribution in [2.45, 2.75) is 148 Å². The Hall–Kier alpha value is -3.62. The molecule has 0 aliphatic carbocycles. The molecule has 1 aliphatic rings. The Morgan fingerprint density at radius 2 is 1.31 bits per heavy atom. The van der Waals surface area contributed by atoms with E-state index in [0.29, 0.717) is 23.1 Å². The van der Waals surface area contributed by atoms with Crippen molar-refractivity contribution in [1.82, 2.24) is 14.5 Å². The highest BCUT2D eigenvalue weighted by Crippen LogP contribution is 2.32. The summed E-state index contributed by atoms with van der Waals surface area (Å²) in [6.07, 6.45) is 14.7. The first-order valence-electron chi connectivity index (χ1n) is 17.9. The average molecular weight is 735 g/mol. The van der Waals surface area contributed by atoms with Gasteiger partial charge in [0.2, 0.25) is 11.7 Å². The SMILES string of the molecule is CCCCCCCCCCCCCCCCCC(=O)O.N[C@@H](CC(=O)N1CCn2c(C(F)(F)F)nc(C(=O)O)c2C1)Cc1cc(F)c(F)cc1F. The molecule has 4 N–H and O–H groups in total. The normalized spacial score (nSPS) is 13.4. The van der Waals surface area contributed by atoms with E-state index in [9.17, 15) is 40.7 Å². The molecule has 0 radical (unpaired) electrons. The minimum absolute atomic E-state index is 0.156. The lowest BCUT2D eigenvalue weighted by Gasteiger charge is -2.30. The Morgan fingerprint density at radius 1 is 0.804 bits per heavy atom. The molecule has 0 unspecified atom stereocenters. The number of unbranched alkanes of at least 4 members (excludes halogenated alkanes) is 14. The third kappa shape index (κ3) is 15.7. The molecular formula is C36H52F6N4O5. The maximum absolute atomic E-state index is 13.8. The standard InChI is InChI=1S/C18H16F6N4O3.C18H36O2/c19-10-6-12(21)11(20)4-8(10)3-9(25)5-14(29)27-1-2-28-13(7-27)15(16(30)31)26-17(28)18(22,23)24;1-2-3-4-5-6-7-8-9-10-11-12-13-14-15-16-17-18(19)20/h4,6,9H,1-3,5,7,25H2,(H,30,31);2-17H2,1H3,(H,19,20)/t9-;/m1./s1. The number of hydrogen-bond acceptors (Lipinski definition) is 5. The number of carboxylic acid groups (broad SMARTS) is 2. The van der Waals surface area contributed by atoms with Crippen LogP contribution in [0.3, 0.4) is 0 Å². The van der Waals surface area contributed by atoms with E-state index in [2.05, 4.69) is 11.9 Å². The fourth-order valence-electron chi connectivity index (χ4n) is 6.04. The van der Waals surface area contributed by atoms with Crippen molar-refractivity contribution in [2.24, 2.45) is 5.73 Å². The molecule has 1 aliphatic heterocycles. The number of carbonyl (C=O) groups excluding carboxylic acids is 1. The number of amides is 1. The van der Waals surface area contributed by atoms with Gasteiger partial charge in [-0.2, -0.15) is 13.2 Å². The van der Waals surface area contributed by atoms with E-state index in [1.807, 2.05) is 0 Å². The van der Waals surface area contributed by atoms with Crippen molar-refractivity contribution in [3.8, 4) is 0 Å². The molecule has 2 aromatic rings. The molecular weight excluding hydrogens is 682 g/mol. The zero-order valence-electron chi connectivity index (χ0n) is 29.4. The van der Waals surface area contributed by atoms with Crippen LogP contribution in [-0.4, -0.2) is 55.1 Å². The van der Waals surface area contributed by atoms with Crippen molar-refractivity contribution in [3.05, 3.63) is 52.4 Å². The monoisotopic (exact) mass is 734 g/mol. The number of rotatable bonds is 21. The zero-order chi connectivity index (χ0) is 38.0. The van der Waals surface area contributed by atoms with Gasteiger partial charge in [-0.25, -0.2) is 22.9 Å². The smallest absolute Gasteiger partial charge is 0.449 e. The summed E-state index contributed by atoms with van der Waals surface area (Å²) in [6.45, 7) is 1.35. The molecule has 0 saturated heterocycles. The summed E-state index contributed by atoms with van der Waals surface area (Å²) in [5, 5.41) is 17.7. The highest BCUT2D eigenvalue weighted by Gasteiger charge is 2.41. The summed E-state index contributed by atoms with van der Waals surface area (Å²) in [6, 6.07) is -0.00786. The number of aliphatic carboxylic acids is 1. The molecule has 51 heavy (non-hydrogen) atoms. The third-order valence-electron chi connectivity index (χ3n) is 8.82. The second kappa shape index (κ2) is 22.3. The number of benzene rings is 1. The molecule has 0 bridgehead atoms. The molecule has 0 saturated carbocycles. The molecule has 1 aromatic heterocycles. The van der Waals surface area contributed by atoms with E-state index >= 15 is 0 Å². The number of nitrogens with two attached hydrogens (primary N) is 1. The third-order valence-corrected chi connectivity index (χ3v) is 8.82. The minimum atomic E-state index is -4.87. The number of aromatic nitrogens is 2. The largest absolute Gasteiger partial charge is 0.481 e. The van der Waals surface area contributed by atoms with Crippen LogP contribution >= 0.6 is 0 Å². The second-order valence-electron chi connectivity index (χ2n) is 13.1. The number of nitrogens with zero attached hydrogens (tertiary/aromatic N) is 3. The van der Waals surface area contributed by atoms with Crippen LogP contribution in [0.15, 0.2) is 12.1 Å². The average Bonchev–Trinajstić information content (AvgIpc) is 3.46. The summed E-state index contributed by atoms with van der Waals surface area (Å²) in [5.74, 6) is -7.98. The van der Waals surface area contributed by atoms with Crippen molar-refractivity contribution in [3.63, 3.8) is 0 Å². The van der Waals surface area contributed by atoms with Crippen molar-refractivity contribution in [1.29, 1.82) is 0 Å². The predicted molar refractivity (Wildman–Crippen MR) is 179 cm³/mol. The Kier molecular flexibility index (Phi) is 19.1. The maximum Gasteiger partial charge on any atom is 0.449 e. The number of carbonyl (C=O) groups is 3. The Bertz CT molecular complexity index is 1400. The van der Waals surface area contributed by atoms with Crippen LogP contribution in [0.2, 0.25) is 0 Å². The first kappa shape index (κ1) is 43.5. The maximum atomic E-state index is 13.8. The van der Waals surface area contributed by atoms with Gasteiger partial charge in [0.05, 0.1) is 12.2 Å². The van der Waals surface area contributed by atoms with Crippen LogP contribution in [0.1, 0.15) is 144 Å². The number of imidazole rings is 1. The molecule has 1 amide bonds. The van der Waals surface area contributed by atoms with E-state index in [4.69, 9.17) is 15.9 Å². The number of halogens is 6. The lowest BCUT2D eigenvalue weighted by Crippen LogP contribution is -2.42. The number of carboxylic acids is 2.